The molecule has 2 aliphatic carbocycles. The van der Waals surface area contributed by atoms with Crippen LogP contribution in [0.25, 0.3) is 11.1 Å². The van der Waals surface area contributed by atoms with Crippen molar-refractivity contribution in [2.24, 2.45) is 11.8 Å². The summed E-state index contributed by atoms with van der Waals surface area (Å²) in [7, 11) is 0. The summed E-state index contributed by atoms with van der Waals surface area (Å²) < 4.78 is 5.54. The number of carbonyl (C=O) groups is 3. The Kier molecular flexibility index (Phi) is 6.96. The SMILES string of the molecule is CCC(CNC(=O)OCC1c2ccccc2-c2ccccc21)C(=O)N[C@@H]1CC[C@H](C(=O)O)C1. The van der Waals surface area contributed by atoms with E-state index < -0.39 is 23.9 Å². The van der Waals surface area contributed by atoms with Gasteiger partial charge in [-0.1, -0.05) is 55.5 Å². The van der Waals surface area contributed by atoms with Crippen molar-refractivity contribution in [2.75, 3.05) is 13.2 Å². The number of carboxylic acids is 1. The van der Waals surface area contributed by atoms with Gasteiger partial charge in [0.15, 0.2) is 0 Å². The van der Waals surface area contributed by atoms with Crippen LogP contribution in [0.2, 0.25) is 0 Å². The fourth-order valence-electron chi connectivity index (χ4n) is 4.93. The average Bonchev–Trinajstić information content (AvgIpc) is 3.41. The molecule has 2 amide bonds. The number of fused-ring (bicyclic) bond motifs is 3. The van der Waals surface area contributed by atoms with Crippen LogP contribution in [-0.2, 0) is 14.3 Å². The van der Waals surface area contributed by atoms with Crippen molar-refractivity contribution in [3.8, 4) is 11.1 Å². The second kappa shape index (κ2) is 10.1. The van der Waals surface area contributed by atoms with Gasteiger partial charge in [0, 0.05) is 18.5 Å². The Morgan fingerprint density at radius 1 is 1.03 bits per heavy atom. The van der Waals surface area contributed by atoms with E-state index in [9.17, 15) is 14.4 Å². The zero-order chi connectivity index (χ0) is 23.4. The number of carboxylic acid groups (broad SMARTS) is 1. The van der Waals surface area contributed by atoms with E-state index in [0.29, 0.717) is 25.7 Å². The minimum Gasteiger partial charge on any atom is -0.481 e. The quantitative estimate of drug-likeness (QED) is 0.565. The predicted octanol–water partition coefficient (Wildman–Crippen LogP) is 3.92. The molecular weight excluding hydrogens is 420 g/mol. The van der Waals surface area contributed by atoms with E-state index in [0.717, 1.165) is 11.1 Å². The molecule has 0 aromatic heterocycles. The largest absolute Gasteiger partial charge is 0.481 e. The molecule has 2 aromatic carbocycles. The lowest BCUT2D eigenvalue weighted by molar-refractivity contribution is -0.141. The molecule has 3 N–H and O–H groups in total. The fraction of sp³-hybridized carbons (Fsp3) is 0.423. The number of rotatable bonds is 8. The van der Waals surface area contributed by atoms with Crippen LogP contribution in [0.1, 0.15) is 49.7 Å². The van der Waals surface area contributed by atoms with Gasteiger partial charge in [-0.05, 0) is 47.9 Å². The Labute approximate surface area is 193 Å². The highest BCUT2D eigenvalue weighted by Crippen LogP contribution is 2.44. The van der Waals surface area contributed by atoms with Gasteiger partial charge in [0.25, 0.3) is 0 Å². The van der Waals surface area contributed by atoms with E-state index in [-0.39, 0.29) is 31.0 Å². The molecule has 33 heavy (non-hydrogen) atoms. The lowest BCUT2D eigenvalue weighted by Crippen LogP contribution is -2.42. The molecule has 0 heterocycles. The van der Waals surface area contributed by atoms with E-state index in [1.54, 1.807) is 0 Å². The van der Waals surface area contributed by atoms with E-state index in [2.05, 4.69) is 34.9 Å². The average molecular weight is 451 g/mol. The first-order chi connectivity index (χ1) is 16.0. The topological polar surface area (TPSA) is 105 Å². The third-order valence-electron chi connectivity index (χ3n) is 6.83. The second-order valence-corrected chi connectivity index (χ2v) is 8.87. The van der Waals surface area contributed by atoms with Crippen molar-refractivity contribution in [3.63, 3.8) is 0 Å². The molecule has 1 unspecified atom stereocenters. The molecule has 0 radical (unpaired) electrons. The minimum atomic E-state index is -0.810. The Morgan fingerprint density at radius 3 is 2.24 bits per heavy atom. The first-order valence-corrected chi connectivity index (χ1v) is 11.6. The molecule has 7 nitrogen and oxygen atoms in total. The Morgan fingerprint density at radius 2 is 1.67 bits per heavy atom. The molecule has 2 aromatic rings. The van der Waals surface area contributed by atoms with Crippen molar-refractivity contribution in [3.05, 3.63) is 59.7 Å². The predicted molar refractivity (Wildman–Crippen MR) is 124 cm³/mol. The number of amides is 2. The maximum Gasteiger partial charge on any atom is 0.407 e. The Hall–Kier alpha value is -3.35. The lowest BCUT2D eigenvalue weighted by Gasteiger charge is -2.20. The molecule has 174 valence electrons. The summed E-state index contributed by atoms with van der Waals surface area (Å²) in [6.45, 7) is 2.29. The number of hydrogen-bond acceptors (Lipinski definition) is 4. The van der Waals surface area contributed by atoms with Crippen LogP contribution in [0, 0.1) is 11.8 Å². The number of alkyl carbamates (subject to hydrolysis) is 1. The van der Waals surface area contributed by atoms with E-state index in [1.807, 2.05) is 31.2 Å². The summed E-state index contributed by atoms with van der Waals surface area (Å²) in [6, 6.07) is 16.2. The number of benzene rings is 2. The van der Waals surface area contributed by atoms with E-state index >= 15 is 0 Å². The monoisotopic (exact) mass is 450 g/mol. The standard InChI is InChI=1S/C26H30N2O5/c1-2-16(24(29)28-18-12-11-17(13-18)25(30)31)14-27-26(32)33-15-23-21-9-5-3-7-19(21)20-8-4-6-10-22(20)23/h3-10,16-18,23H,2,11-15H2,1H3,(H,27,32)(H,28,29)(H,30,31)/t16?,17-,18+/m0/s1. The number of hydrogen-bond donors (Lipinski definition) is 3. The number of carbonyl (C=O) groups excluding carboxylic acids is 2. The summed E-state index contributed by atoms with van der Waals surface area (Å²) in [5, 5.41) is 14.8. The van der Waals surface area contributed by atoms with E-state index in [4.69, 9.17) is 9.84 Å². The van der Waals surface area contributed by atoms with Crippen LogP contribution in [0.5, 0.6) is 0 Å². The summed E-state index contributed by atoms with van der Waals surface area (Å²) in [5.41, 5.74) is 4.63. The Bertz CT molecular complexity index is 991. The van der Waals surface area contributed by atoms with Crippen LogP contribution in [0.3, 0.4) is 0 Å². The smallest absolute Gasteiger partial charge is 0.407 e. The molecule has 1 saturated carbocycles. The molecule has 0 saturated heterocycles. The van der Waals surface area contributed by atoms with Gasteiger partial charge in [-0.2, -0.15) is 0 Å². The summed E-state index contributed by atoms with van der Waals surface area (Å²) in [6.07, 6.45) is 1.71. The highest BCUT2D eigenvalue weighted by Gasteiger charge is 2.32. The van der Waals surface area contributed by atoms with E-state index in [1.165, 1.54) is 11.1 Å². The number of aliphatic carboxylic acids is 1. The molecule has 3 atom stereocenters. The molecule has 4 rings (SSSR count). The summed E-state index contributed by atoms with van der Waals surface area (Å²) in [4.78, 5) is 36.1. The van der Waals surface area contributed by atoms with Gasteiger partial charge >= 0.3 is 12.1 Å². The maximum atomic E-state index is 12.6. The molecule has 0 bridgehead atoms. The normalized spacial score (nSPS) is 19.9. The van der Waals surface area contributed by atoms with Crippen molar-refractivity contribution in [1.29, 1.82) is 0 Å². The van der Waals surface area contributed by atoms with Gasteiger partial charge in [-0.15, -0.1) is 0 Å². The van der Waals surface area contributed by atoms with Crippen LogP contribution in [0.4, 0.5) is 4.79 Å². The zero-order valence-electron chi connectivity index (χ0n) is 18.8. The molecule has 2 aliphatic rings. The third kappa shape index (κ3) is 5.02. The summed E-state index contributed by atoms with van der Waals surface area (Å²) in [5.74, 6) is -1.77. The summed E-state index contributed by atoms with van der Waals surface area (Å²) >= 11 is 0. The van der Waals surface area contributed by atoms with Gasteiger partial charge in [0.1, 0.15) is 6.61 Å². The van der Waals surface area contributed by atoms with Crippen molar-refractivity contribution >= 4 is 18.0 Å². The highest BCUT2D eigenvalue weighted by atomic mass is 16.5. The van der Waals surface area contributed by atoms with Crippen LogP contribution >= 0.6 is 0 Å². The minimum absolute atomic E-state index is 0.0158. The van der Waals surface area contributed by atoms with Crippen molar-refractivity contribution in [2.45, 2.75) is 44.6 Å². The first kappa shape index (κ1) is 22.8. The van der Waals surface area contributed by atoms with Gasteiger partial charge in [0.05, 0.1) is 11.8 Å². The zero-order valence-corrected chi connectivity index (χ0v) is 18.8. The second-order valence-electron chi connectivity index (χ2n) is 8.87. The van der Waals surface area contributed by atoms with Crippen LogP contribution in [0.15, 0.2) is 48.5 Å². The maximum absolute atomic E-state index is 12.6. The van der Waals surface area contributed by atoms with Gasteiger partial charge in [0.2, 0.25) is 5.91 Å². The highest BCUT2D eigenvalue weighted by molar-refractivity contribution is 5.81. The lowest BCUT2D eigenvalue weighted by atomic mass is 9.98. The Balaban J connectivity index is 1.28. The third-order valence-corrected chi connectivity index (χ3v) is 6.83. The number of ether oxygens (including phenoxy) is 1. The van der Waals surface area contributed by atoms with Gasteiger partial charge < -0.3 is 20.5 Å². The molecule has 0 aliphatic heterocycles. The first-order valence-electron chi connectivity index (χ1n) is 11.6. The van der Waals surface area contributed by atoms with Crippen LogP contribution in [-0.4, -0.2) is 42.3 Å². The molecular formula is C26H30N2O5. The van der Waals surface area contributed by atoms with Crippen molar-refractivity contribution in [1.82, 2.24) is 10.6 Å². The molecule has 7 heteroatoms. The molecule has 0 spiro atoms. The number of nitrogens with one attached hydrogen (secondary N) is 2. The van der Waals surface area contributed by atoms with Gasteiger partial charge in [-0.25, -0.2) is 4.79 Å². The van der Waals surface area contributed by atoms with Gasteiger partial charge in [-0.3, -0.25) is 9.59 Å². The van der Waals surface area contributed by atoms with Crippen molar-refractivity contribution < 1.29 is 24.2 Å². The fourth-order valence-corrected chi connectivity index (χ4v) is 4.93. The van der Waals surface area contributed by atoms with Crippen LogP contribution < -0.4 is 10.6 Å². The molecule has 1 fully saturated rings.